The predicted molar refractivity (Wildman–Crippen MR) is 68.1 cm³/mol. The number of rotatable bonds is 6. The van der Waals surface area contributed by atoms with Gasteiger partial charge in [0, 0.05) is 13.2 Å². The van der Waals surface area contributed by atoms with Gasteiger partial charge in [-0.25, -0.2) is 0 Å². The minimum atomic E-state index is -0.293. The minimum Gasteiger partial charge on any atom is -0.370 e. The molecule has 1 atom stereocenters. The van der Waals surface area contributed by atoms with Crippen molar-refractivity contribution in [1.82, 2.24) is 9.78 Å². The number of aryl methyl sites for hydroxylation is 1. The number of hydrogen-bond acceptors (Lipinski definition) is 3. The smallest absolute Gasteiger partial charge is 0.210 e. The molecule has 1 fully saturated rings. The van der Waals surface area contributed by atoms with Gasteiger partial charge in [0.05, 0.1) is 10.7 Å². The van der Waals surface area contributed by atoms with E-state index < -0.39 is 0 Å². The van der Waals surface area contributed by atoms with Gasteiger partial charge in [-0.1, -0.05) is 0 Å². The summed E-state index contributed by atoms with van der Waals surface area (Å²) in [5.41, 5.74) is 0.637. The lowest BCUT2D eigenvalue weighted by Crippen LogP contribution is -2.29. The van der Waals surface area contributed by atoms with E-state index >= 15 is 0 Å². The Morgan fingerprint density at radius 1 is 1.65 bits per heavy atom. The average Bonchev–Trinajstić information content (AvgIpc) is 3.08. The quantitative estimate of drug-likeness (QED) is 0.759. The molecule has 0 aromatic carbocycles. The molecule has 17 heavy (non-hydrogen) atoms. The molecule has 1 heterocycles. The van der Waals surface area contributed by atoms with Crippen molar-refractivity contribution >= 4 is 21.7 Å². The van der Waals surface area contributed by atoms with Crippen LogP contribution in [0.2, 0.25) is 0 Å². The summed E-state index contributed by atoms with van der Waals surface area (Å²) in [6.45, 7) is 5.17. The number of ketones is 1. The molecule has 0 N–H and O–H groups in total. The second-order valence-corrected chi connectivity index (χ2v) is 5.09. The molecule has 0 spiro atoms. The van der Waals surface area contributed by atoms with Gasteiger partial charge in [-0.05, 0) is 48.5 Å². The Labute approximate surface area is 109 Å². The Balaban J connectivity index is 2.24. The number of carbonyl (C=O) groups excluding carboxylic acids is 1. The zero-order valence-electron chi connectivity index (χ0n) is 10.1. The SMILES string of the molecule is CCOC(C(=O)c1c(Br)cnn1CC)C1CC1. The van der Waals surface area contributed by atoms with Crippen LogP contribution in [0.3, 0.4) is 0 Å². The van der Waals surface area contributed by atoms with Gasteiger partial charge in [-0.2, -0.15) is 5.10 Å². The fourth-order valence-electron chi connectivity index (χ4n) is 1.99. The van der Waals surface area contributed by atoms with Gasteiger partial charge >= 0.3 is 0 Å². The third-order valence-corrected chi connectivity index (χ3v) is 3.56. The van der Waals surface area contributed by atoms with Gasteiger partial charge in [-0.15, -0.1) is 0 Å². The zero-order valence-corrected chi connectivity index (χ0v) is 11.7. The molecule has 1 aliphatic carbocycles. The van der Waals surface area contributed by atoms with Crippen molar-refractivity contribution in [3.8, 4) is 0 Å². The molecular formula is C12H17BrN2O2. The van der Waals surface area contributed by atoms with Gasteiger partial charge < -0.3 is 4.74 Å². The van der Waals surface area contributed by atoms with Gasteiger partial charge in [-0.3, -0.25) is 9.48 Å². The maximum Gasteiger partial charge on any atom is 0.210 e. The Morgan fingerprint density at radius 2 is 2.35 bits per heavy atom. The number of carbonyl (C=O) groups is 1. The molecule has 0 amide bonds. The molecule has 0 bridgehead atoms. The number of hydrogen-bond donors (Lipinski definition) is 0. The van der Waals surface area contributed by atoms with Crippen LogP contribution in [0.15, 0.2) is 10.7 Å². The average molecular weight is 301 g/mol. The summed E-state index contributed by atoms with van der Waals surface area (Å²) in [4.78, 5) is 12.5. The summed E-state index contributed by atoms with van der Waals surface area (Å²) in [6.07, 6.45) is 3.56. The summed E-state index contributed by atoms with van der Waals surface area (Å²) in [5, 5.41) is 4.17. The van der Waals surface area contributed by atoms with Crippen LogP contribution in [0.5, 0.6) is 0 Å². The topological polar surface area (TPSA) is 44.1 Å². The first-order valence-corrected chi connectivity index (χ1v) is 6.85. The molecule has 2 rings (SSSR count). The van der Waals surface area contributed by atoms with E-state index in [2.05, 4.69) is 21.0 Å². The van der Waals surface area contributed by atoms with Gasteiger partial charge in [0.2, 0.25) is 5.78 Å². The second-order valence-electron chi connectivity index (χ2n) is 4.23. The van der Waals surface area contributed by atoms with Crippen molar-refractivity contribution in [2.45, 2.75) is 39.3 Å². The molecule has 0 saturated heterocycles. The molecular weight excluding hydrogens is 284 g/mol. The highest BCUT2D eigenvalue weighted by Gasteiger charge is 2.39. The molecule has 0 aliphatic heterocycles. The van der Waals surface area contributed by atoms with Crippen molar-refractivity contribution in [1.29, 1.82) is 0 Å². The van der Waals surface area contributed by atoms with Crippen LogP contribution in [-0.4, -0.2) is 28.3 Å². The van der Waals surface area contributed by atoms with E-state index in [1.807, 2.05) is 13.8 Å². The van der Waals surface area contributed by atoms with Crippen LogP contribution in [0.1, 0.15) is 37.2 Å². The monoisotopic (exact) mass is 300 g/mol. The van der Waals surface area contributed by atoms with E-state index in [1.54, 1.807) is 10.9 Å². The molecule has 1 aliphatic rings. The number of Topliss-reactive ketones (excluding diaryl/α,β-unsaturated/α-hetero) is 1. The fraction of sp³-hybridized carbons (Fsp3) is 0.667. The normalized spacial score (nSPS) is 17.1. The lowest BCUT2D eigenvalue weighted by Gasteiger charge is -2.15. The van der Waals surface area contributed by atoms with Gasteiger partial charge in [0.25, 0.3) is 0 Å². The number of aromatic nitrogens is 2. The van der Waals surface area contributed by atoms with Crippen LogP contribution in [0.4, 0.5) is 0 Å². The lowest BCUT2D eigenvalue weighted by molar-refractivity contribution is 0.0364. The molecule has 1 unspecified atom stereocenters. The Morgan fingerprint density at radius 3 is 2.88 bits per heavy atom. The van der Waals surface area contributed by atoms with Gasteiger partial charge in [0.1, 0.15) is 11.8 Å². The van der Waals surface area contributed by atoms with E-state index in [9.17, 15) is 4.79 Å². The first-order valence-electron chi connectivity index (χ1n) is 6.06. The molecule has 1 saturated carbocycles. The van der Waals surface area contributed by atoms with E-state index in [0.29, 0.717) is 24.8 Å². The first kappa shape index (κ1) is 12.8. The number of halogens is 1. The maximum absolute atomic E-state index is 12.5. The molecule has 0 radical (unpaired) electrons. The van der Waals surface area contributed by atoms with E-state index in [4.69, 9.17) is 4.74 Å². The van der Waals surface area contributed by atoms with Crippen LogP contribution in [-0.2, 0) is 11.3 Å². The lowest BCUT2D eigenvalue weighted by atomic mass is 10.1. The molecule has 1 aromatic heterocycles. The molecule has 1 aromatic rings. The van der Waals surface area contributed by atoms with Gasteiger partial charge in [0.15, 0.2) is 0 Å². The predicted octanol–water partition coefficient (Wildman–Crippen LogP) is 2.66. The highest BCUT2D eigenvalue weighted by atomic mass is 79.9. The van der Waals surface area contributed by atoms with E-state index in [1.165, 1.54) is 0 Å². The van der Waals surface area contributed by atoms with Crippen molar-refractivity contribution in [2.24, 2.45) is 5.92 Å². The van der Waals surface area contributed by atoms with Crippen molar-refractivity contribution < 1.29 is 9.53 Å². The number of ether oxygens (including phenoxy) is 1. The summed E-state index contributed by atoms with van der Waals surface area (Å²) in [6, 6.07) is 0. The Kier molecular flexibility index (Phi) is 3.99. The van der Waals surface area contributed by atoms with Crippen molar-refractivity contribution in [2.75, 3.05) is 6.61 Å². The summed E-state index contributed by atoms with van der Waals surface area (Å²) < 4.78 is 8.08. The second kappa shape index (κ2) is 5.31. The summed E-state index contributed by atoms with van der Waals surface area (Å²) in [5.74, 6) is 0.454. The Bertz CT molecular complexity index is 413. The van der Waals surface area contributed by atoms with Crippen LogP contribution >= 0.6 is 15.9 Å². The van der Waals surface area contributed by atoms with Crippen LogP contribution in [0, 0.1) is 5.92 Å². The largest absolute Gasteiger partial charge is 0.370 e. The summed E-state index contributed by atoms with van der Waals surface area (Å²) >= 11 is 3.39. The highest BCUT2D eigenvalue weighted by Crippen LogP contribution is 2.36. The Hall–Kier alpha value is -0.680. The van der Waals surface area contributed by atoms with Crippen LogP contribution < -0.4 is 0 Å². The third kappa shape index (κ3) is 2.60. The minimum absolute atomic E-state index is 0.0561. The third-order valence-electron chi connectivity index (χ3n) is 2.98. The summed E-state index contributed by atoms with van der Waals surface area (Å²) in [7, 11) is 0. The fourth-order valence-corrected chi connectivity index (χ4v) is 2.48. The zero-order chi connectivity index (χ0) is 12.4. The first-order chi connectivity index (χ1) is 8.19. The molecule has 4 nitrogen and oxygen atoms in total. The van der Waals surface area contributed by atoms with E-state index in [0.717, 1.165) is 17.3 Å². The van der Waals surface area contributed by atoms with Crippen molar-refractivity contribution in [3.05, 3.63) is 16.4 Å². The molecule has 94 valence electrons. The standard InChI is InChI=1S/C12H17BrN2O2/c1-3-15-10(9(13)7-14-15)11(16)12(17-4-2)8-5-6-8/h7-8,12H,3-6H2,1-2H3. The number of nitrogens with zero attached hydrogens (tertiary/aromatic N) is 2. The van der Waals surface area contributed by atoms with Crippen molar-refractivity contribution in [3.63, 3.8) is 0 Å². The molecule has 5 heteroatoms. The maximum atomic E-state index is 12.5. The highest BCUT2D eigenvalue weighted by molar-refractivity contribution is 9.10. The van der Waals surface area contributed by atoms with E-state index in [-0.39, 0.29) is 11.9 Å². The van der Waals surface area contributed by atoms with Crippen LogP contribution in [0.25, 0.3) is 0 Å².